The fourth-order valence-electron chi connectivity index (χ4n) is 4.20. The number of rotatable bonds is 5. The summed E-state index contributed by atoms with van der Waals surface area (Å²) in [7, 11) is 4.10. The van der Waals surface area contributed by atoms with Crippen LogP contribution in [-0.4, -0.2) is 41.3 Å². The molecule has 0 unspecified atom stereocenters. The van der Waals surface area contributed by atoms with E-state index in [1.54, 1.807) is 0 Å². The second-order valence-corrected chi connectivity index (χ2v) is 7.90. The van der Waals surface area contributed by atoms with Gasteiger partial charge in [-0.3, -0.25) is 9.78 Å². The average molecular weight is 349 g/mol. The van der Waals surface area contributed by atoms with Gasteiger partial charge in [0.05, 0.1) is 22.8 Å². The van der Waals surface area contributed by atoms with Gasteiger partial charge in [-0.2, -0.15) is 0 Å². The Morgan fingerprint density at radius 2 is 1.92 bits per heavy atom. The molecule has 0 N–H and O–H groups in total. The number of nitrogens with zero attached hydrogens (tertiary/aromatic N) is 3. The molecule has 4 rings (SSSR count). The lowest BCUT2D eigenvalue weighted by Gasteiger charge is -2.29. The van der Waals surface area contributed by atoms with Crippen molar-refractivity contribution >= 4 is 5.91 Å². The molecule has 1 amide bonds. The molecule has 136 valence electrons. The number of carbonyl (C=O) groups is 1. The minimum Gasteiger partial charge on any atom is -0.333 e. The molecule has 1 aromatic heterocycles. The average Bonchev–Trinajstić information content (AvgIpc) is 3.31. The molecule has 0 bridgehead atoms. The summed E-state index contributed by atoms with van der Waals surface area (Å²) >= 11 is 0. The predicted molar refractivity (Wildman–Crippen MR) is 103 cm³/mol. The molecule has 2 aromatic rings. The van der Waals surface area contributed by atoms with Gasteiger partial charge < -0.3 is 9.80 Å². The molecular formula is C22H27N3O. The molecule has 1 saturated carbocycles. The summed E-state index contributed by atoms with van der Waals surface area (Å²) < 4.78 is 0. The van der Waals surface area contributed by atoms with E-state index in [9.17, 15) is 4.79 Å². The van der Waals surface area contributed by atoms with Gasteiger partial charge in [-0.05, 0) is 57.5 Å². The van der Waals surface area contributed by atoms with E-state index in [2.05, 4.69) is 54.2 Å². The van der Waals surface area contributed by atoms with Gasteiger partial charge in [0.15, 0.2) is 0 Å². The molecule has 2 fully saturated rings. The molecular weight excluding hydrogens is 322 g/mol. The van der Waals surface area contributed by atoms with Gasteiger partial charge >= 0.3 is 0 Å². The second-order valence-electron chi connectivity index (χ2n) is 7.90. The molecule has 1 aromatic carbocycles. The van der Waals surface area contributed by atoms with Crippen LogP contribution in [0.5, 0.6) is 0 Å². The molecule has 26 heavy (non-hydrogen) atoms. The molecule has 2 aliphatic rings. The lowest BCUT2D eigenvalue weighted by Crippen LogP contribution is -2.39. The Balaban J connectivity index is 1.58. The van der Waals surface area contributed by atoms with Gasteiger partial charge in [0.1, 0.15) is 0 Å². The van der Waals surface area contributed by atoms with Crippen LogP contribution in [-0.2, 0) is 16.8 Å². The van der Waals surface area contributed by atoms with E-state index in [-0.39, 0.29) is 11.5 Å². The first kappa shape index (κ1) is 17.2. The fourth-order valence-corrected chi connectivity index (χ4v) is 4.20. The SMILES string of the molecule is CN(C)Cc1cccc([C@H]2CCCN2C(=O)C2(c3ccccc3)CC2)n1. The highest BCUT2D eigenvalue weighted by atomic mass is 16.2. The summed E-state index contributed by atoms with van der Waals surface area (Å²) in [6.07, 6.45) is 4.00. The summed E-state index contributed by atoms with van der Waals surface area (Å²) in [6, 6.07) is 16.6. The van der Waals surface area contributed by atoms with Crippen LogP contribution in [0.2, 0.25) is 0 Å². The summed E-state index contributed by atoms with van der Waals surface area (Å²) in [5, 5.41) is 0. The third kappa shape index (κ3) is 3.14. The van der Waals surface area contributed by atoms with E-state index in [4.69, 9.17) is 4.98 Å². The van der Waals surface area contributed by atoms with Crippen LogP contribution < -0.4 is 0 Å². The van der Waals surface area contributed by atoms with Crippen molar-refractivity contribution in [1.29, 1.82) is 0 Å². The third-order valence-electron chi connectivity index (χ3n) is 5.65. The standard InChI is InChI=1S/C22H27N3O/c1-24(2)16-18-10-6-11-19(23-18)20-12-7-15-25(20)21(26)22(13-14-22)17-8-4-3-5-9-17/h3-6,8-11,20H,7,12-16H2,1-2H3/t20-/m1/s1. The number of carbonyl (C=O) groups excluding carboxylic acids is 1. The van der Waals surface area contributed by atoms with E-state index in [1.807, 2.05) is 18.2 Å². The van der Waals surface area contributed by atoms with Crippen molar-refractivity contribution in [1.82, 2.24) is 14.8 Å². The Morgan fingerprint density at radius 1 is 1.15 bits per heavy atom. The predicted octanol–water partition coefficient (Wildman–Crippen LogP) is 3.54. The monoisotopic (exact) mass is 349 g/mol. The molecule has 1 aliphatic heterocycles. The van der Waals surface area contributed by atoms with Crippen molar-refractivity contribution in [3.05, 3.63) is 65.5 Å². The van der Waals surface area contributed by atoms with Gasteiger partial charge in [0.25, 0.3) is 0 Å². The molecule has 1 aliphatic carbocycles. The van der Waals surface area contributed by atoms with Crippen molar-refractivity contribution in [2.24, 2.45) is 0 Å². The zero-order chi connectivity index (χ0) is 18.1. The van der Waals surface area contributed by atoms with Crippen LogP contribution in [0, 0.1) is 0 Å². The molecule has 4 nitrogen and oxygen atoms in total. The largest absolute Gasteiger partial charge is 0.333 e. The Bertz CT molecular complexity index is 783. The van der Waals surface area contributed by atoms with E-state index in [0.29, 0.717) is 5.91 Å². The lowest BCUT2D eigenvalue weighted by atomic mass is 9.94. The van der Waals surface area contributed by atoms with Crippen molar-refractivity contribution in [2.45, 2.75) is 43.7 Å². The fraction of sp³-hybridized carbons (Fsp3) is 0.455. The molecule has 1 saturated heterocycles. The summed E-state index contributed by atoms with van der Waals surface area (Å²) in [4.78, 5) is 22.6. The molecule has 2 heterocycles. The Morgan fingerprint density at radius 3 is 2.62 bits per heavy atom. The minimum absolute atomic E-state index is 0.116. The first-order valence-corrected chi connectivity index (χ1v) is 9.57. The Kier molecular flexibility index (Phi) is 4.53. The van der Waals surface area contributed by atoms with Crippen LogP contribution >= 0.6 is 0 Å². The highest BCUT2D eigenvalue weighted by molar-refractivity contribution is 5.91. The quantitative estimate of drug-likeness (QED) is 0.828. The first-order valence-electron chi connectivity index (χ1n) is 9.57. The number of aromatic nitrogens is 1. The van der Waals surface area contributed by atoms with Gasteiger partial charge in [0.2, 0.25) is 5.91 Å². The van der Waals surface area contributed by atoms with Crippen LogP contribution in [0.15, 0.2) is 48.5 Å². The number of amides is 1. The Hall–Kier alpha value is -2.20. The van der Waals surface area contributed by atoms with Crippen molar-refractivity contribution in [3.8, 4) is 0 Å². The maximum Gasteiger partial charge on any atom is 0.233 e. The van der Waals surface area contributed by atoms with E-state index >= 15 is 0 Å². The van der Waals surface area contributed by atoms with E-state index < -0.39 is 0 Å². The van der Waals surface area contributed by atoms with Gasteiger partial charge in [-0.1, -0.05) is 36.4 Å². The van der Waals surface area contributed by atoms with Gasteiger partial charge in [0, 0.05) is 13.1 Å². The van der Waals surface area contributed by atoms with Crippen LogP contribution in [0.1, 0.15) is 48.7 Å². The summed E-state index contributed by atoms with van der Waals surface area (Å²) in [5.41, 5.74) is 2.99. The topological polar surface area (TPSA) is 36.4 Å². The third-order valence-corrected chi connectivity index (χ3v) is 5.65. The number of pyridine rings is 1. The maximum absolute atomic E-state index is 13.5. The molecule has 1 atom stereocenters. The lowest BCUT2D eigenvalue weighted by molar-refractivity contribution is -0.135. The van der Waals surface area contributed by atoms with Crippen LogP contribution in [0.4, 0.5) is 0 Å². The van der Waals surface area contributed by atoms with E-state index in [0.717, 1.165) is 50.2 Å². The molecule has 0 radical (unpaired) electrons. The van der Waals surface area contributed by atoms with Crippen LogP contribution in [0.3, 0.4) is 0 Å². The summed E-state index contributed by atoms with van der Waals surface area (Å²) in [5.74, 6) is 0.297. The highest BCUT2D eigenvalue weighted by Gasteiger charge is 2.54. The number of benzene rings is 1. The van der Waals surface area contributed by atoms with Crippen LogP contribution in [0.25, 0.3) is 0 Å². The second kappa shape index (κ2) is 6.84. The van der Waals surface area contributed by atoms with E-state index in [1.165, 1.54) is 5.56 Å². The first-order chi connectivity index (χ1) is 12.6. The smallest absolute Gasteiger partial charge is 0.233 e. The van der Waals surface area contributed by atoms with Gasteiger partial charge in [-0.25, -0.2) is 0 Å². The van der Waals surface area contributed by atoms with Crippen molar-refractivity contribution < 1.29 is 4.79 Å². The Labute approximate surface area is 155 Å². The zero-order valence-corrected chi connectivity index (χ0v) is 15.7. The number of likely N-dealkylation sites (tertiary alicyclic amines) is 1. The minimum atomic E-state index is -0.287. The van der Waals surface area contributed by atoms with Gasteiger partial charge in [-0.15, -0.1) is 0 Å². The number of hydrogen-bond donors (Lipinski definition) is 0. The van der Waals surface area contributed by atoms with Crippen molar-refractivity contribution in [3.63, 3.8) is 0 Å². The zero-order valence-electron chi connectivity index (χ0n) is 15.7. The molecule has 4 heteroatoms. The van der Waals surface area contributed by atoms with Crippen molar-refractivity contribution in [2.75, 3.05) is 20.6 Å². The number of hydrogen-bond acceptors (Lipinski definition) is 3. The highest BCUT2D eigenvalue weighted by Crippen LogP contribution is 2.51. The normalized spacial score (nSPS) is 21.2. The molecule has 0 spiro atoms. The maximum atomic E-state index is 13.5. The summed E-state index contributed by atoms with van der Waals surface area (Å²) in [6.45, 7) is 1.67.